The van der Waals surface area contributed by atoms with Crippen LogP contribution in [-0.2, 0) is 16.2 Å². The van der Waals surface area contributed by atoms with Crippen LogP contribution in [-0.4, -0.2) is 38.9 Å². The highest BCUT2D eigenvalue weighted by atomic mass is 32.2. The molecule has 1 N–H and O–H groups in total. The van der Waals surface area contributed by atoms with E-state index in [0.29, 0.717) is 5.92 Å². The zero-order valence-electron chi connectivity index (χ0n) is 17.3. The van der Waals surface area contributed by atoms with Crippen molar-refractivity contribution in [2.75, 3.05) is 20.1 Å². The van der Waals surface area contributed by atoms with Gasteiger partial charge in [-0.05, 0) is 75.4 Å². The minimum atomic E-state index is -4.47. The molecule has 29 heavy (non-hydrogen) atoms. The van der Waals surface area contributed by atoms with Crippen LogP contribution >= 0.6 is 0 Å². The number of hydrogen-bond donors (Lipinski definition) is 1. The number of unbranched alkanes of at least 4 members (excludes halogenated alkanes) is 2. The molecule has 0 spiro atoms. The van der Waals surface area contributed by atoms with Gasteiger partial charge in [-0.15, -0.1) is 0 Å². The van der Waals surface area contributed by atoms with Gasteiger partial charge < -0.3 is 5.32 Å². The van der Waals surface area contributed by atoms with Crippen LogP contribution < -0.4 is 5.32 Å². The number of halogens is 3. The van der Waals surface area contributed by atoms with Crippen LogP contribution in [0.1, 0.15) is 63.9 Å². The Kier molecular flexibility index (Phi) is 8.97. The molecule has 1 aliphatic carbocycles. The van der Waals surface area contributed by atoms with Crippen molar-refractivity contribution in [2.24, 2.45) is 5.92 Å². The predicted octanol–water partition coefficient (Wildman–Crippen LogP) is 5.05. The normalized spacial score (nSPS) is 20.9. The summed E-state index contributed by atoms with van der Waals surface area (Å²) < 4.78 is 65.1. The Balaban J connectivity index is 1.84. The minimum absolute atomic E-state index is 0.0872. The molecule has 1 saturated carbocycles. The SMILES string of the molecule is CCNCCCCC[C@H]1CC[C@H](N(C)S(=O)(=O)c2ccc(C(F)(F)F)cc2)CC1. The predicted molar refractivity (Wildman–Crippen MR) is 109 cm³/mol. The van der Waals surface area contributed by atoms with Crippen LogP contribution in [0.4, 0.5) is 13.2 Å². The maximum atomic E-state index is 12.8. The van der Waals surface area contributed by atoms with Gasteiger partial charge in [-0.1, -0.05) is 26.2 Å². The Hall–Kier alpha value is -1.12. The van der Waals surface area contributed by atoms with Crippen LogP contribution in [0, 0.1) is 5.92 Å². The molecule has 1 aromatic rings. The molecular formula is C21H33F3N2O2S. The van der Waals surface area contributed by atoms with Crippen LogP contribution in [0.15, 0.2) is 29.2 Å². The molecule has 1 aliphatic rings. The van der Waals surface area contributed by atoms with Crippen molar-refractivity contribution in [3.8, 4) is 0 Å². The maximum absolute atomic E-state index is 12.8. The largest absolute Gasteiger partial charge is 0.416 e. The molecule has 0 bridgehead atoms. The highest BCUT2D eigenvalue weighted by Crippen LogP contribution is 2.34. The Morgan fingerprint density at radius 2 is 1.66 bits per heavy atom. The zero-order valence-corrected chi connectivity index (χ0v) is 18.2. The number of benzene rings is 1. The first-order chi connectivity index (χ1) is 13.7. The van der Waals surface area contributed by atoms with Crippen LogP contribution in [0.25, 0.3) is 0 Å². The average molecular weight is 435 g/mol. The molecule has 0 aromatic heterocycles. The molecule has 2 rings (SSSR count). The molecule has 0 aliphatic heterocycles. The van der Waals surface area contributed by atoms with Crippen molar-refractivity contribution < 1.29 is 21.6 Å². The van der Waals surface area contributed by atoms with E-state index in [1.54, 1.807) is 7.05 Å². The van der Waals surface area contributed by atoms with Gasteiger partial charge in [0.05, 0.1) is 10.5 Å². The lowest BCUT2D eigenvalue weighted by Crippen LogP contribution is -2.39. The summed E-state index contributed by atoms with van der Waals surface area (Å²) in [5.74, 6) is 0.646. The first-order valence-corrected chi connectivity index (χ1v) is 12.0. The number of sulfonamides is 1. The van der Waals surface area contributed by atoms with Crippen molar-refractivity contribution in [1.29, 1.82) is 0 Å². The molecule has 0 saturated heterocycles. The smallest absolute Gasteiger partial charge is 0.317 e. The molecule has 0 amide bonds. The Morgan fingerprint density at radius 3 is 2.21 bits per heavy atom. The fourth-order valence-corrected chi connectivity index (χ4v) is 5.43. The number of hydrogen-bond acceptors (Lipinski definition) is 3. The summed E-state index contributed by atoms with van der Waals surface area (Å²) in [5, 5.41) is 3.32. The van der Waals surface area contributed by atoms with Gasteiger partial charge in [0, 0.05) is 13.1 Å². The highest BCUT2D eigenvalue weighted by molar-refractivity contribution is 7.89. The first kappa shape index (κ1) is 24.2. The van der Waals surface area contributed by atoms with E-state index in [9.17, 15) is 21.6 Å². The summed E-state index contributed by atoms with van der Waals surface area (Å²) in [6.07, 6.45) is 3.95. The van der Waals surface area contributed by atoms with Gasteiger partial charge in [0.25, 0.3) is 0 Å². The molecule has 166 valence electrons. The lowest BCUT2D eigenvalue weighted by atomic mass is 9.83. The van der Waals surface area contributed by atoms with E-state index in [0.717, 1.165) is 63.0 Å². The second-order valence-corrected chi connectivity index (χ2v) is 9.92. The summed E-state index contributed by atoms with van der Waals surface area (Å²) >= 11 is 0. The monoisotopic (exact) mass is 434 g/mol. The first-order valence-electron chi connectivity index (χ1n) is 10.5. The summed E-state index contributed by atoms with van der Waals surface area (Å²) in [7, 11) is -2.25. The molecule has 4 nitrogen and oxygen atoms in total. The second-order valence-electron chi connectivity index (χ2n) is 7.92. The van der Waals surface area contributed by atoms with Crippen molar-refractivity contribution >= 4 is 10.0 Å². The highest BCUT2D eigenvalue weighted by Gasteiger charge is 2.33. The molecule has 0 radical (unpaired) electrons. The van der Waals surface area contributed by atoms with E-state index in [4.69, 9.17) is 0 Å². The minimum Gasteiger partial charge on any atom is -0.317 e. The van der Waals surface area contributed by atoms with Crippen molar-refractivity contribution in [1.82, 2.24) is 9.62 Å². The van der Waals surface area contributed by atoms with Gasteiger partial charge >= 0.3 is 6.18 Å². The Morgan fingerprint density at radius 1 is 1.03 bits per heavy atom. The van der Waals surface area contributed by atoms with Gasteiger partial charge in [0.15, 0.2) is 0 Å². The number of nitrogens with one attached hydrogen (secondary N) is 1. The summed E-state index contributed by atoms with van der Waals surface area (Å²) in [4.78, 5) is -0.0872. The molecular weight excluding hydrogens is 401 g/mol. The van der Waals surface area contributed by atoms with E-state index in [2.05, 4.69) is 12.2 Å². The summed E-state index contributed by atoms with van der Waals surface area (Å²) in [5.41, 5.74) is -0.843. The molecule has 1 aromatic carbocycles. The third-order valence-corrected chi connectivity index (χ3v) is 7.83. The molecule has 1 fully saturated rings. The van der Waals surface area contributed by atoms with Crippen molar-refractivity contribution in [2.45, 2.75) is 75.4 Å². The fraction of sp³-hybridized carbons (Fsp3) is 0.714. The maximum Gasteiger partial charge on any atom is 0.416 e. The van der Waals surface area contributed by atoms with Gasteiger partial charge in [0.1, 0.15) is 0 Å². The van der Waals surface area contributed by atoms with Crippen molar-refractivity contribution in [3.63, 3.8) is 0 Å². The molecule has 0 unspecified atom stereocenters. The van der Waals surface area contributed by atoms with Crippen molar-refractivity contribution in [3.05, 3.63) is 29.8 Å². The number of nitrogens with zero attached hydrogens (tertiary/aromatic N) is 1. The number of alkyl halides is 3. The van der Waals surface area contributed by atoms with Gasteiger partial charge in [-0.2, -0.15) is 17.5 Å². The van der Waals surface area contributed by atoms with Gasteiger partial charge in [-0.25, -0.2) is 8.42 Å². The quantitative estimate of drug-likeness (QED) is 0.524. The third kappa shape index (κ3) is 6.96. The lowest BCUT2D eigenvalue weighted by Gasteiger charge is -2.34. The second kappa shape index (κ2) is 10.8. The molecule has 0 atom stereocenters. The topological polar surface area (TPSA) is 49.4 Å². The zero-order chi connectivity index (χ0) is 21.5. The van der Waals surface area contributed by atoms with Crippen LogP contribution in [0.2, 0.25) is 0 Å². The molecule has 8 heteroatoms. The summed E-state index contributed by atoms with van der Waals surface area (Å²) in [6, 6.07) is 3.66. The van der Waals surface area contributed by atoms with Crippen LogP contribution in [0.3, 0.4) is 0 Å². The van der Waals surface area contributed by atoms with Gasteiger partial charge in [0.2, 0.25) is 10.0 Å². The third-order valence-electron chi connectivity index (χ3n) is 5.91. The van der Waals surface area contributed by atoms with E-state index in [1.807, 2.05) is 0 Å². The standard InChI is InChI=1S/C21H33F3N2O2S/c1-3-25-16-6-4-5-7-17-8-12-19(13-9-17)26(2)29(27,28)20-14-10-18(11-15-20)21(22,23)24/h10-11,14-15,17,19,25H,3-9,12-13,16H2,1-2H3/t17-,19-. The van der Waals surface area contributed by atoms with Crippen LogP contribution in [0.5, 0.6) is 0 Å². The van der Waals surface area contributed by atoms with E-state index < -0.39 is 21.8 Å². The average Bonchev–Trinajstić information content (AvgIpc) is 2.70. The summed E-state index contributed by atoms with van der Waals surface area (Å²) in [6.45, 7) is 4.18. The van der Waals surface area contributed by atoms with E-state index in [1.165, 1.54) is 30.0 Å². The Labute approximate surface area is 172 Å². The van der Waals surface area contributed by atoms with E-state index in [-0.39, 0.29) is 10.9 Å². The Bertz CT molecular complexity index is 712. The fourth-order valence-electron chi connectivity index (χ4n) is 4.01. The lowest BCUT2D eigenvalue weighted by molar-refractivity contribution is -0.137. The van der Waals surface area contributed by atoms with E-state index >= 15 is 0 Å². The molecule has 0 heterocycles. The number of rotatable bonds is 10. The van der Waals surface area contributed by atoms with Gasteiger partial charge in [-0.3, -0.25) is 0 Å².